The Kier molecular flexibility index (Phi) is 5.01. The summed E-state index contributed by atoms with van der Waals surface area (Å²) >= 11 is 0. The van der Waals surface area contributed by atoms with Crippen LogP contribution in [0.3, 0.4) is 0 Å². The standard InChI is InChI=1S/C14H25NO3/c1-3-17-13-8-12(9-13)15-7-5-6-11(10-15)14(16)18-4-2/h11-13H,3-10H2,1-2H3. The third kappa shape index (κ3) is 3.23. The van der Waals surface area contributed by atoms with Gasteiger partial charge in [0.2, 0.25) is 0 Å². The van der Waals surface area contributed by atoms with Gasteiger partial charge < -0.3 is 9.47 Å². The van der Waals surface area contributed by atoms with Gasteiger partial charge in [0.1, 0.15) is 0 Å². The van der Waals surface area contributed by atoms with Crippen molar-refractivity contribution in [1.82, 2.24) is 4.90 Å². The Morgan fingerprint density at radius 3 is 2.72 bits per heavy atom. The second-order valence-corrected chi connectivity index (χ2v) is 5.29. The summed E-state index contributed by atoms with van der Waals surface area (Å²) in [4.78, 5) is 14.2. The Morgan fingerprint density at radius 1 is 1.28 bits per heavy atom. The summed E-state index contributed by atoms with van der Waals surface area (Å²) in [7, 11) is 0. The van der Waals surface area contributed by atoms with Crippen molar-refractivity contribution < 1.29 is 14.3 Å². The molecule has 1 atom stereocenters. The van der Waals surface area contributed by atoms with E-state index in [1.54, 1.807) is 0 Å². The van der Waals surface area contributed by atoms with Crippen LogP contribution in [0.25, 0.3) is 0 Å². The van der Waals surface area contributed by atoms with Crippen LogP contribution in [0, 0.1) is 5.92 Å². The monoisotopic (exact) mass is 255 g/mol. The number of nitrogens with zero attached hydrogens (tertiary/aromatic N) is 1. The fourth-order valence-electron chi connectivity index (χ4n) is 3.00. The van der Waals surface area contributed by atoms with E-state index in [0.29, 0.717) is 18.8 Å². The molecule has 0 N–H and O–H groups in total. The molecule has 0 amide bonds. The molecular weight excluding hydrogens is 230 g/mol. The average molecular weight is 255 g/mol. The smallest absolute Gasteiger partial charge is 0.310 e. The van der Waals surface area contributed by atoms with Crippen molar-refractivity contribution in [1.29, 1.82) is 0 Å². The average Bonchev–Trinajstić information content (AvgIpc) is 2.34. The number of carbonyl (C=O) groups is 1. The topological polar surface area (TPSA) is 38.8 Å². The number of piperidine rings is 1. The molecule has 1 saturated carbocycles. The molecular formula is C14H25NO3. The van der Waals surface area contributed by atoms with E-state index in [0.717, 1.165) is 45.4 Å². The van der Waals surface area contributed by atoms with Crippen molar-refractivity contribution >= 4 is 5.97 Å². The van der Waals surface area contributed by atoms with Gasteiger partial charge in [-0.25, -0.2) is 0 Å². The highest BCUT2D eigenvalue weighted by Crippen LogP contribution is 2.31. The lowest BCUT2D eigenvalue weighted by atomic mass is 9.85. The van der Waals surface area contributed by atoms with Crippen LogP contribution in [0.4, 0.5) is 0 Å². The third-order valence-corrected chi connectivity index (χ3v) is 4.06. The van der Waals surface area contributed by atoms with Crippen LogP contribution in [0.1, 0.15) is 39.5 Å². The van der Waals surface area contributed by atoms with Gasteiger partial charge in [0, 0.05) is 19.2 Å². The van der Waals surface area contributed by atoms with Gasteiger partial charge in [0.15, 0.2) is 0 Å². The molecule has 1 unspecified atom stereocenters. The van der Waals surface area contributed by atoms with Crippen LogP contribution in [-0.4, -0.2) is 49.3 Å². The Bertz CT molecular complexity index is 276. The minimum atomic E-state index is -0.0112. The Morgan fingerprint density at radius 2 is 2.06 bits per heavy atom. The van der Waals surface area contributed by atoms with E-state index in [1.807, 2.05) is 13.8 Å². The normalized spacial score (nSPS) is 32.9. The Hall–Kier alpha value is -0.610. The number of rotatable bonds is 5. The highest BCUT2D eigenvalue weighted by Gasteiger charge is 2.37. The van der Waals surface area contributed by atoms with Crippen LogP contribution in [0.15, 0.2) is 0 Å². The molecule has 104 valence electrons. The number of hydrogen-bond donors (Lipinski definition) is 0. The zero-order valence-corrected chi connectivity index (χ0v) is 11.6. The molecule has 2 fully saturated rings. The largest absolute Gasteiger partial charge is 0.466 e. The number of esters is 1. The van der Waals surface area contributed by atoms with Gasteiger partial charge in [-0.15, -0.1) is 0 Å². The SMILES string of the molecule is CCOC(=O)C1CCCN(C2CC(OCC)C2)C1. The lowest BCUT2D eigenvalue weighted by molar-refractivity contribution is -0.151. The van der Waals surface area contributed by atoms with E-state index >= 15 is 0 Å². The van der Waals surface area contributed by atoms with Crippen molar-refractivity contribution in [3.05, 3.63) is 0 Å². The fourth-order valence-corrected chi connectivity index (χ4v) is 3.00. The fraction of sp³-hybridized carbons (Fsp3) is 0.929. The number of likely N-dealkylation sites (tertiary alicyclic amines) is 1. The van der Waals surface area contributed by atoms with E-state index in [1.165, 1.54) is 0 Å². The van der Waals surface area contributed by atoms with E-state index in [-0.39, 0.29) is 11.9 Å². The van der Waals surface area contributed by atoms with Gasteiger partial charge in [-0.05, 0) is 46.1 Å². The first-order chi connectivity index (χ1) is 8.74. The Labute approximate surface area is 110 Å². The summed E-state index contributed by atoms with van der Waals surface area (Å²) in [5, 5.41) is 0. The molecule has 1 aliphatic carbocycles. The third-order valence-electron chi connectivity index (χ3n) is 4.06. The zero-order valence-electron chi connectivity index (χ0n) is 11.6. The maximum atomic E-state index is 11.8. The number of hydrogen-bond acceptors (Lipinski definition) is 4. The molecule has 0 radical (unpaired) electrons. The maximum Gasteiger partial charge on any atom is 0.310 e. The van der Waals surface area contributed by atoms with Crippen molar-refractivity contribution in [3.63, 3.8) is 0 Å². The van der Waals surface area contributed by atoms with Gasteiger partial charge in [0.25, 0.3) is 0 Å². The molecule has 0 bridgehead atoms. The van der Waals surface area contributed by atoms with E-state index in [4.69, 9.17) is 9.47 Å². The molecule has 4 heteroatoms. The van der Waals surface area contributed by atoms with E-state index in [2.05, 4.69) is 4.90 Å². The predicted octanol–water partition coefficient (Wildman–Crippen LogP) is 1.83. The summed E-state index contributed by atoms with van der Waals surface area (Å²) in [6.45, 7) is 7.22. The lowest BCUT2D eigenvalue weighted by Crippen LogP contribution is -2.52. The van der Waals surface area contributed by atoms with Crippen molar-refractivity contribution in [2.45, 2.75) is 51.7 Å². The first-order valence-corrected chi connectivity index (χ1v) is 7.26. The van der Waals surface area contributed by atoms with Crippen LogP contribution in [-0.2, 0) is 14.3 Å². The maximum absolute atomic E-state index is 11.8. The molecule has 2 rings (SSSR count). The van der Waals surface area contributed by atoms with Crippen molar-refractivity contribution in [2.75, 3.05) is 26.3 Å². The highest BCUT2D eigenvalue weighted by molar-refractivity contribution is 5.72. The van der Waals surface area contributed by atoms with Gasteiger partial charge in [-0.1, -0.05) is 0 Å². The van der Waals surface area contributed by atoms with Crippen molar-refractivity contribution in [2.24, 2.45) is 5.92 Å². The summed E-state index contributed by atoms with van der Waals surface area (Å²) in [5.74, 6) is 0.0766. The predicted molar refractivity (Wildman–Crippen MR) is 69.4 cm³/mol. The first-order valence-electron chi connectivity index (χ1n) is 7.26. The number of ether oxygens (including phenoxy) is 2. The molecule has 0 aromatic carbocycles. The lowest BCUT2D eigenvalue weighted by Gasteiger charge is -2.45. The molecule has 0 aromatic heterocycles. The molecule has 0 spiro atoms. The van der Waals surface area contributed by atoms with Crippen LogP contribution in [0.5, 0.6) is 0 Å². The van der Waals surface area contributed by atoms with Gasteiger partial charge >= 0.3 is 5.97 Å². The van der Waals surface area contributed by atoms with E-state index in [9.17, 15) is 4.79 Å². The van der Waals surface area contributed by atoms with Gasteiger partial charge in [0.05, 0.1) is 18.6 Å². The quantitative estimate of drug-likeness (QED) is 0.703. The Balaban J connectivity index is 1.76. The molecule has 1 saturated heterocycles. The first kappa shape index (κ1) is 13.8. The minimum Gasteiger partial charge on any atom is -0.466 e. The minimum absolute atomic E-state index is 0.0112. The second-order valence-electron chi connectivity index (χ2n) is 5.29. The molecule has 1 aliphatic heterocycles. The van der Waals surface area contributed by atoms with Gasteiger partial charge in [-0.3, -0.25) is 9.69 Å². The summed E-state index contributed by atoms with van der Waals surface area (Å²) in [6, 6.07) is 0.624. The molecule has 4 nitrogen and oxygen atoms in total. The highest BCUT2D eigenvalue weighted by atomic mass is 16.5. The number of carbonyl (C=O) groups excluding carboxylic acids is 1. The summed E-state index contributed by atoms with van der Waals surface area (Å²) < 4.78 is 10.7. The molecule has 2 aliphatic rings. The van der Waals surface area contributed by atoms with Crippen LogP contribution in [0.2, 0.25) is 0 Å². The van der Waals surface area contributed by atoms with Crippen LogP contribution >= 0.6 is 0 Å². The van der Waals surface area contributed by atoms with E-state index < -0.39 is 0 Å². The molecule has 0 aromatic rings. The summed E-state index contributed by atoms with van der Waals surface area (Å²) in [6.07, 6.45) is 4.80. The molecule has 18 heavy (non-hydrogen) atoms. The summed E-state index contributed by atoms with van der Waals surface area (Å²) in [5.41, 5.74) is 0. The zero-order chi connectivity index (χ0) is 13.0. The van der Waals surface area contributed by atoms with Crippen molar-refractivity contribution in [3.8, 4) is 0 Å². The van der Waals surface area contributed by atoms with Gasteiger partial charge in [-0.2, -0.15) is 0 Å². The van der Waals surface area contributed by atoms with Crippen LogP contribution < -0.4 is 0 Å². The second kappa shape index (κ2) is 6.53. The molecule has 1 heterocycles.